The molecule has 14 heavy (non-hydrogen) atoms. The molecule has 1 saturated heterocycles. The van der Waals surface area contributed by atoms with Crippen LogP contribution in [0, 0.1) is 0 Å². The van der Waals surface area contributed by atoms with E-state index in [0.717, 1.165) is 39.3 Å². The molecule has 0 aromatic rings. The van der Waals surface area contributed by atoms with Crippen LogP contribution >= 0.6 is 0 Å². The molecule has 0 radical (unpaired) electrons. The van der Waals surface area contributed by atoms with Gasteiger partial charge < -0.3 is 5.32 Å². The van der Waals surface area contributed by atoms with Crippen LogP contribution in [0.5, 0.6) is 0 Å². The first-order chi connectivity index (χ1) is 6.54. The van der Waals surface area contributed by atoms with Crippen molar-refractivity contribution in [3.63, 3.8) is 0 Å². The molecular weight excluding hydrogens is 198 g/mol. The first-order valence-electron chi connectivity index (χ1n) is 4.98. The van der Waals surface area contributed by atoms with Gasteiger partial charge in [-0.1, -0.05) is 0 Å². The predicted molar refractivity (Wildman–Crippen MR) is 63.1 cm³/mol. The maximum Gasteiger partial charge on any atom is 0.0246 e. The van der Waals surface area contributed by atoms with Crippen LogP contribution in [0.2, 0.25) is 0 Å². The average Bonchev–Trinajstić information content (AvgIpc) is 2.14. The van der Waals surface area contributed by atoms with E-state index in [9.17, 15) is 4.21 Å². The lowest BCUT2D eigenvalue weighted by Crippen LogP contribution is -2.49. The molecule has 1 heterocycles. The standard InChI is InChI=1S/C9H21N3OS/c1-10-4-5-11-6-8-12(9-7-11)14(2,3)13/h10H,2,4-9H2,1,3H3. The largest absolute Gasteiger partial charge is 0.318 e. The van der Waals surface area contributed by atoms with Crippen molar-refractivity contribution in [1.82, 2.24) is 14.5 Å². The Bertz CT molecular complexity index is 255. The van der Waals surface area contributed by atoms with Gasteiger partial charge in [0.1, 0.15) is 0 Å². The van der Waals surface area contributed by atoms with Crippen molar-refractivity contribution in [1.29, 1.82) is 0 Å². The van der Waals surface area contributed by atoms with Crippen molar-refractivity contribution in [3.05, 3.63) is 0 Å². The molecule has 1 N–H and O–H groups in total. The van der Waals surface area contributed by atoms with Crippen molar-refractivity contribution in [2.75, 3.05) is 52.6 Å². The summed E-state index contributed by atoms with van der Waals surface area (Å²) in [6.07, 6.45) is 1.72. The minimum atomic E-state index is -1.98. The second-order valence-electron chi connectivity index (χ2n) is 3.83. The highest BCUT2D eigenvalue weighted by Gasteiger charge is 2.19. The molecule has 1 aliphatic heterocycles. The van der Waals surface area contributed by atoms with Gasteiger partial charge in [0.15, 0.2) is 0 Å². The van der Waals surface area contributed by atoms with Crippen molar-refractivity contribution < 1.29 is 4.21 Å². The van der Waals surface area contributed by atoms with E-state index in [1.807, 2.05) is 11.4 Å². The van der Waals surface area contributed by atoms with Gasteiger partial charge in [0.2, 0.25) is 0 Å². The molecule has 1 rings (SSSR count). The van der Waals surface area contributed by atoms with E-state index >= 15 is 0 Å². The fourth-order valence-electron chi connectivity index (χ4n) is 1.61. The predicted octanol–water partition coefficient (Wildman–Crippen LogP) is -0.915. The quantitative estimate of drug-likeness (QED) is 0.622. The smallest absolute Gasteiger partial charge is 0.0246 e. The first kappa shape index (κ1) is 12.0. The van der Waals surface area contributed by atoms with E-state index in [1.54, 1.807) is 6.26 Å². The Kier molecular flexibility index (Phi) is 4.37. The molecule has 0 spiro atoms. The fourth-order valence-corrected chi connectivity index (χ4v) is 2.54. The Hall–Kier alpha value is -0.100. The summed E-state index contributed by atoms with van der Waals surface area (Å²) < 4.78 is 13.6. The van der Waals surface area contributed by atoms with Crippen LogP contribution in [0.15, 0.2) is 0 Å². The van der Waals surface area contributed by atoms with E-state index in [1.165, 1.54) is 0 Å². The van der Waals surface area contributed by atoms with Gasteiger partial charge in [-0.3, -0.25) is 9.11 Å². The third-order valence-corrected chi connectivity index (χ3v) is 4.01. The van der Waals surface area contributed by atoms with Gasteiger partial charge in [-0.05, 0) is 12.9 Å². The van der Waals surface area contributed by atoms with E-state index in [-0.39, 0.29) is 0 Å². The van der Waals surface area contributed by atoms with Crippen LogP contribution in [-0.4, -0.2) is 71.9 Å². The molecule has 5 heteroatoms. The molecule has 1 atom stereocenters. The molecule has 0 bridgehead atoms. The van der Waals surface area contributed by atoms with E-state index in [2.05, 4.69) is 16.1 Å². The second-order valence-corrected chi connectivity index (χ2v) is 6.27. The fraction of sp³-hybridized carbons (Fsp3) is 0.889. The van der Waals surface area contributed by atoms with Gasteiger partial charge in [0.25, 0.3) is 0 Å². The summed E-state index contributed by atoms with van der Waals surface area (Å²) in [7, 11) is -0.0154. The number of likely N-dealkylation sites (N-methyl/N-ethyl adjacent to an activating group) is 1. The van der Waals surface area contributed by atoms with Crippen LogP contribution in [0.25, 0.3) is 0 Å². The number of rotatable bonds is 4. The molecule has 4 nitrogen and oxygen atoms in total. The minimum absolute atomic E-state index is 0.878. The monoisotopic (exact) mass is 219 g/mol. The number of hydrogen-bond acceptors (Lipinski definition) is 3. The van der Waals surface area contributed by atoms with Crippen molar-refractivity contribution >= 4 is 15.6 Å². The lowest BCUT2D eigenvalue weighted by Gasteiger charge is -2.35. The van der Waals surface area contributed by atoms with Crippen molar-refractivity contribution in [3.8, 4) is 0 Å². The van der Waals surface area contributed by atoms with Crippen LogP contribution in [0.1, 0.15) is 0 Å². The Balaban J connectivity index is 2.31. The molecule has 84 valence electrons. The maximum atomic E-state index is 11.6. The van der Waals surface area contributed by atoms with Crippen molar-refractivity contribution in [2.24, 2.45) is 0 Å². The lowest BCUT2D eigenvalue weighted by atomic mass is 10.3. The Morgan fingerprint density at radius 2 is 1.93 bits per heavy atom. The van der Waals surface area contributed by atoms with Gasteiger partial charge >= 0.3 is 0 Å². The zero-order valence-corrected chi connectivity index (χ0v) is 9.98. The summed E-state index contributed by atoms with van der Waals surface area (Å²) in [5.74, 6) is 3.70. The van der Waals surface area contributed by atoms with E-state index < -0.39 is 9.71 Å². The number of piperazine rings is 1. The average molecular weight is 219 g/mol. The summed E-state index contributed by atoms with van der Waals surface area (Å²) in [4.78, 5) is 2.39. The van der Waals surface area contributed by atoms with Crippen LogP contribution in [0.3, 0.4) is 0 Å². The van der Waals surface area contributed by atoms with Gasteiger partial charge in [-0.25, -0.2) is 4.31 Å². The molecule has 1 fully saturated rings. The summed E-state index contributed by atoms with van der Waals surface area (Å²) in [5, 5.41) is 3.13. The molecule has 1 aliphatic rings. The highest BCUT2D eigenvalue weighted by Crippen LogP contribution is 2.04. The summed E-state index contributed by atoms with van der Waals surface area (Å²) in [6, 6.07) is 0. The van der Waals surface area contributed by atoms with Crippen LogP contribution in [0.4, 0.5) is 0 Å². The molecule has 0 aliphatic carbocycles. The highest BCUT2D eigenvalue weighted by molar-refractivity contribution is 7.97. The van der Waals surface area contributed by atoms with E-state index in [0.29, 0.717) is 0 Å². The van der Waals surface area contributed by atoms with Gasteiger partial charge in [0, 0.05) is 55.2 Å². The number of hydrogen-bond donors (Lipinski definition) is 1. The maximum absolute atomic E-state index is 11.6. The summed E-state index contributed by atoms with van der Waals surface area (Å²) in [5.41, 5.74) is 0. The van der Waals surface area contributed by atoms with Crippen molar-refractivity contribution in [2.45, 2.75) is 0 Å². The molecule has 0 amide bonds. The summed E-state index contributed by atoms with van der Waals surface area (Å²) in [6.45, 7) is 5.85. The molecule has 0 aromatic carbocycles. The third-order valence-electron chi connectivity index (χ3n) is 2.56. The Morgan fingerprint density at radius 1 is 1.36 bits per heavy atom. The SMILES string of the molecule is C=S(C)(=O)N1CCN(CCNC)CC1. The topological polar surface area (TPSA) is 35.6 Å². The zero-order chi connectivity index (χ0) is 10.6. The van der Waals surface area contributed by atoms with Gasteiger partial charge in [-0.15, -0.1) is 0 Å². The summed E-state index contributed by atoms with van der Waals surface area (Å²) >= 11 is 0. The number of nitrogens with one attached hydrogen (secondary N) is 1. The minimum Gasteiger partial charge on any atom is -0.318 e. The number of nitrogens with zero attached hydrogens (tertiary/aromatic N) is 2. The van der Waals surface area contributed by atoms with Gasteiger partial charge in [-0.2, -0.15) is 0 Å². The van der Waals surface area contributed by atoms with E-state index in [4.69, 9.17) is 0 Å². The Morgan fingerprint density at radius 3 is 2.36 bits per heavy atom. The van der Waals surface area contributed by atoms with Gasteiger partial charge in [0.05, 0.1) is 0 Å². The molecule has 1 unspecified atom stereocenters. The molecular formula is C9H21N3OS. The van der Waals surface area contributed by atoms with Crippen LogP contribution < -0.4 is 5.32 Å². The zero-order valence-electron chi connectivity index (χ0n) is 9.16. The Labute approximate surface area is 87.4 Å². The second kappa shape index (κ2) is 5.11. The third kappa shape index (κ3) is 3.57. The van der Waals surface area contributed by atoms with Crippen LogP contribution in [-0.2, 0) is 9.71 Å². The normalized spacial score (nSPS) is 24.7. The molecule has 0 aromatic heterocycles. The first-order valence-corrected chi connectivity index (χ1v) is 7.07. The molecule has 0 saturated carbocycles. The lowest BCUT2D eigenvalue weighted by molar-refractivity contribution is 0.194. The highest BCUT2D eigenvalue weighted by atomic mass is 32.2.